The molecule has 1 aliphatic rings. The molecule has 0 saturated carbocycles. The summed E-state index contributed by atoms with van der Waals surface area (Å²) in [5.41, 5.74) is -0.258. The first-order chi connectivity index (χ1) is 5.57. The highest BCUT2D eigenvalue weighted by molar-refractivity contribution is 7.99. The van der Waals surface area contributed by atoms with Crippen LogP contribution in [0.25, 0.3) is 0 Å². The largest absolute Gasteiger partial charge is 0.361 e. The minimum absolute atomic E-state index is 0.117. The Labute approximate surface area is 78.1 Å². The molecule has 0 aromatic rings. The van der Waals surface area contributed by atoms with Crippen molar-refractivity contribution in [3.63, 3.8) is 0 Å². The number of rotatable bonds is 1. The van der Waals surface area contributed by atoms with E-state index in [9.17, 15) is 4.39 Å². The summed E-state index contributed by atoms with van der Waals surface area (Å²) in [5.74, 6) is 0.439. The highest BCUT2D eigenvalue weighted by Gasteiger charge is 2.39. The minimum Gasteiger partial charge on any atom is -0.361 e. The van der Waals surface area contributed by atoms with Gasteiger partial charge in [-0.05, 0) is 25.0 Å². The van der Waals surface area contributed by atoms with Crippen molar-refractivity contribution in [3.05, 3.63) is 0 Å². The third kappa shape index (κ3) is 1.77. The van der Waals surface area contributed by atoms with Crippen molar-refractivity contribution < 1.29 is 9.13 Å². The number of ether oxygens (including phenoxy) is 1. The second-order valence-electron chi connectivity index (χ2n) is 3.61. The monoisotopic (exact) mass is 192 g/mol. The number of thioether (sulfide) groups is 1. The van der Waals surface area contributed by atoms with E-state index in [1.807, 2.05) is 20.1 Å². The molecule has 5 atom stereocenters. The topological polar surface area (TPSA) is 9.23 Å². The van der Waals surface area contributed by atoms with E-state index in [1.54, 1.807) is 0 Å². The van der Waals surface area contributed by atoms with Gasteiger partial charge in [0, 0.05) is 0 Å². The summed E-state index contributed by atoms with van der Waals surface area (Å²) in [5, 5.41) is 0. The second-order valence-corrected chi connectivity index (χ2v) is 4.54. The molecule has 1 fully saturated rings. The lowest BCUT2D eigenvalue weighted by Crippen LogP contribution is -2.44. The molecule has 0 amide bonds. The van der Waals surface area contributed by atoms with Crippen molar-refractivity contribution >= 4 is 11.8 Å². The zero-order chi connectivity index (χ0) is 9.30. The van der Waals surface area contributed by atoms with Gasteiger partial charge in [-0.25, -0.2) is 4.39 Å². The summed E-state index contributed by atoms with van der Waals surface area (Å²) < 4.78 is 19.0. The Morgan fingerprint density at radius 3 is 2.25 bits per heavy atom. The third-order valence-corrected chi connectivity index (χ3v) is 3.75. The van der Waals surface area contributed by atoms with Crippen LogP contribution in [-0.4, -0.2) is 24.0 Å². The quantitative estimate of drug-likeness (QED) is 0.631. The first-order valence-electron chi connectivity index (χ1n) is 4.40. The Hall–Kier alpha value is 0.240. The maximum atomic E-state index is 13.5. The van der Waals surface area contributed by atoms with E-state index >= 15 is 0 Å². The van der Waals surface area contributed by atoms with Crippen LogP contribution in [0.3, 0.4) is 0 Å². The summed E-state index contributed by atoms with van der Waals surface area (Å²) >= 11 is 1.47. The number of hydrogen-bond donors (Lipinski definition) is 0. The van der Waals surface area contributed by atoms with Gasteiger partial charge in [0.1, 0.15) is 11.6 Å². The van der Waals surface area contributed by atoms with Crippen LogP contribution in [0.15, 0.2) is 0 Å². The summed E-state index contributed by atoms with van der Waals surface area (Å²) in [6, 6.07) is 0. The summed E-state index contributed by atoms with van der Waals surface area (Å²) in [6.45, 7) is 6.05. The molecule has 4 unspecified atom stereocenters. The molecule has 0 spiro atoms. The smallest absolute Gasteiger partial charge is 0.138 e. The molecule has 1 aliphatic heterocycles. The van der Waals surface area contributed by atoms with Crippen LogP contribution in [0.1, 0.15) is 20.8 Å². The van der Waals surface area contributed by atoms with Crippen LogP contribution < -0.4 is 0 Å². The SMILES string of the molecule is CSC1OC(C)[C@@H](C)C(C)C1F. The van der Waals surface area contributed by atoms with Gasteiger partial charge in [-0.1, -0.05) is 13.8 Å². The summed E-state index contributed by atoms with van der Waals surface area (Å²) in [7, 11) is 0. The van der Waals surface area contributed by atoms with Gasteiger partial charge >= 0.3 is 0 Å². The van der Waals surface area contributed by atoms with Crippen LogP contribution in [0.5, 0.6) is 0 Å². The third-order valence-electron chi connectivity index (χ3n) is 2.91. The number of halogens is 1. The maximum absolute atomic E-state index is 13.5. The van der Waals surface area contributed by atoms with Gasteiger partial charge in [-0.2, -0.15) is 0 Å². The highest BCUT2D eigenvalue weighted by Crippen LogP contribution is 2.35. The zero-order valence-electron chi connectivity index (χ0n) is 8.08. The van der Waals surface area contributed by atoms with Crippen LogP contribution >= 0.6 is 11.8 Å². The molecule has 12 heavy (non-hydrogen) atoms. The molecular formula is C9H17FOS. The fraction of sp³-hybridized carbons (Fsp3) is 1.00. The van der Waals surface area contributed by atoms with Crippen molar-refractivity contribution in [2.75, 3.05) is 6.26 Å². The van der Waals surface area contributed by atoms with Gasteiger partial charge in [0.05, 0.1) is 6.10 Å². The van der Waals surface area contributed by atoms with E-state index in [-0.39, 0.29) is 17.5 Å². The van der Waals surface area contributed by atoms with Crippen molar-refractivity contribution in [3.8, 4) is 0 Å². The lowest BCUT2D eigenvalue weighted by atomic mass is 9.86. The zero-order valence-corrected chi connectivity index (χ0v) is 8.90. The van der Waals surface area contributed by atoms with E-state index in [4.69, 9.17) is 4.74 Å². The molecule has 1 saturated heterocycles. The lowest BCUT2D eigenvalue weighted by molar-refractivity contribution is -0.0980. The van der Waals surface area contributed by atoms with Crippen LogP contribution in [0.4, 0.5) is 4.39 Å². The molecule has 0 radical (unpaired) electrons. The molecule has 1 nitrogen and oxygen atoms in total. The molecule has 1 rings (SSSR count). The minimum atomic E-state index is -0.814. The average Bonchev–Trinajstić information content (AvgIpc) is 2.08. The van der Waals surface area contributed by atoms with Gasteiger partial charge in [0.2, 0.25) is 0 Å². The van der Waals surface area contributed by atoms with Crippen LogP contribution in [-0.2, 0) is 4.74 Å². The Bertz CT molecular complexity index is 149. The van der Waals surface area contributed by atoms with E-state index in [0.717, 1.165) is 0 Å². The van der Waals surface area contributed by atoms with E-state index in [0.29, 0.717) is 5.92 Å². The van der Waals surface area contributed by atoms with Gasteiger partial charge in [-0.15, -0.1) is 11.8 Å². The average molecular weight is 192 g/mol. The van der Waals surface area contributed by atoms with E-state index in [1.165, 1.54) is 11.8 Å². The number of hydrogen-bond acceptors (Lipinski definition) is 2. The van der Waals surface area contributed by atoms with Crippen LogP contribution in [0.2, 0.25) is 0 Å². The van der Waals surface area contributed by atoms with Crippen LogP contribution in [0, 0.1) is 11.8 Å². The maximum Gasteiger partial charge on any atom is 0.138 e. The van der Waals surface area contributed by atoms with Crippen molar-refractivity contribution in [1.29, 1.82) is 0 Å². The molecule has 0 aromatic heterocycles. The molecule has 1 heterocycles. The standard InChI is InChI=1S/C9H17FOS/c1-5-6(2)8(10)9(12-4)11-7(5)3/h5-9H,1-4H3/t5-,6?,7?,8?,9?/m0/s1. The van der Waals surface area contributed by atoms with Gasteiger partial charge in [-0.3, -0.25) is 0 Å². The second kappa shape index (κ2) is 3.97. The van der Waals surface area contributed by atoms with Gasteiger partial charge < -0.3 is 4.74 Å². The Balaban J connectivity index is 2.63. The Kier molecular flexibility index (Phi) is 3.41. The molecule has 0 N–H and O–H groups in total. The normalized spacial score (nSPS) is 49.2. The Morgan fingerprint density at radius 2 is 1.75 bits per heavy atom. The molecule has 0 aliphatic carbocycles. The molecular weight excluding hydrogens is 175 g/mol. The highest BCUT2D eigenvalue weighted by atomic mass is 32.2. The molecule has 0 aromatic carbocycles. The lowest BCUT2D eigenvalue weighted by Gasteiger charge is -2.39. The molecule has 72 valence electrons. The van der Waals surface area contributed by atoms with E-state index < -0.39 is 6.17 Å². The van der Waals surface area contributed by atoms with Crippen molar-refractivity contribution in [1.82, 2.24) is 0 Å². The van der Waals surface area contributed by atoms with Crippen molar-refractivity contribution in [2.24, 2.45) is 11.8 Å². The Morgan fingerprint density at radius 1 is 1.17 bits per heavy atom. The molecule has 3 heteroatoms. The first-order valence-corrected chi connectivity index (χ1v) is 5.69. The fourth-order valence-electron chi connectivity index (χ4n) is 1.56. The predicted molar refractivity (Wildman–Crippen MR) is 51.1 cm³/mol. The predicted octanol–water partition coefficient (Wildman–Crippen LogP) is 2.70. The van der Waals surface area contributed by atoms with Crippen molar-refractivity contribution in [2.45, 2.75) is 38.5 Å². The van der Waals surface area contributed by atoms with Gasteiger partial charge in [0.15, 0.2) is 0 Å². The fourth-order valence-corrected chi connectivity index (χ4v) is 2.36. The van der Waals surface area contributed by atoms with Gasteiger partial charge in [0.25, 0.3) is 0 Å². The summed E-state index contributed by atoms with van der Waals surface area (Å²) in [6.07, 6.45) is 1.27. The molecule has 0 bridgehead atoms. The van der Waals surface area contributed by atoms with E-state index in [2.05, 4.69) is 6.92 Å². The number of alkyl halides is 1. The first kappa shape index (κ1) is 10.3. The summed E-state index contributed by atoms with van der Waals surface area (Å²) in [4.78, 5) is 0.